The minimum atomic E-state index is -4.04. The van der Waals surface area contributed by atoms with Crippen LogP contribution in [0.3, 0.4) is 0 Å². The molecule has 2 atom stereocenters. The van der Waals surface area contributed by atoms with Gasteiger partial charge in [0.1, 0.15) is 0 Å². The first-order chi connectivity index (χ1) is 6.37. The highest BCUT2D eigenvalue weighted by Gasteiger charge is 2.26. The summed E-state index contributed by atoms with van der Waals surface area (Å²) in [6, 6.07) is 0.167. The highest BCUT2D eigenvalue weighted by molar-refractivity contribution is 6.18. The van der Waals surface area contributed by atoms with E-state index in [1.165, 1.54) is 0 Å². The molecule has 0 aromatic heterocycles. The molecule has 0 amide bonds. The van der Waals surface area contributed by atoms with Crippen molar-refractivity contribution in [2.75, 3.05) is 12.4 Å². The number of halogens is 4. The standard InChI is InChI=1S/C9H17ClF3N/c1-7(6-10)8(2)14-5-3-4-9(11,12)13/h7-8,14H,3-6H2,1-2H3. The molecule has 0 spiro atoms. The van der Waals surface area contributed by atoms with Gasteiger partial charge < -0.3 is 5.32 Å². The Labute approximate surface area is 88.0 Å². The van der Waals surface area contributed by atoms with Gasteiger partial charge in [0.15, 0.2) is 0 Å². The quantitative estimate of drug-likeness (QED) is 0.547. The van der Waals surface area contributed by atoms with Gasteiger partial charge in [0.25, 0.3) is 0 Å². The van der Waals surface area contributed by atoms with Crippen molar-refractivity contribution in [1.29, 1.82) is 0 Å². The molecule has 1 N–H and O–H groups in total. The first-order valence-electron chi connectivity index (χ1n) is 4.73. The lowest BCUT2D eigenvalue weighted by Gasteiger charge is -2.19. The normalized spacial score (nSPS) is 16.7. The summed E-state index contributed by atoms with van der Waals surface area (Å²) in [5.74, 6) is 0.801. The fraction of sp³-hybridized carbons (Fsp3) is 1.00. The molecule has 0 bridgehead atoms. The van der Waals surface area contributed by atoms with Crippen molar-refractivity contribution in [3.63, 3.8) is 0 Å². The molecular weight excluding hydrogens is 215 g/mol. The maximum Gasteiger partial charge on any atom is 0.389 e. The summed E-state index contributed by atoms with van der Waals surface area (Å²) in [5, 5.41) is 3.02. The first kappa shape index (κ1) is 14.0. The van der Waals surface area contributed by atoms with Crippen molar-refractivity contribution in [3.8, 4) is 0 Å². The van der Waals surface area contributed by atoms with Gasteiger partial charge >= 0.3 is 6.18 Å². The lowest BCUT2D eigenvalue weighted by atomic mass is 10.1. The van der Waals surface area contributed by atoms with E-state index in [0.29, 0.717) is 12.4 Å². The molecule has 86 valence electrons. The van der Waals surface area contributed by atoms with Crippen molar-refractivity contribution in [1.82, 2.24) is 5.32 Å². The van der Waals surface area contributed by atoms with Crippen LogP contribution in [-0.4, -0.2) is 24.6 Å². The zero-order valence-corrected chi connectivity index (χ0v) is 9.25. The van der Waals surface area contributed by atoms with Crippen LogP contribution in [0.25, 0.3) is 0 Å². The fourth-order valence-electron chi connectivity index (χ4n) is 0.953. The molecule has 0 heterocycles. The Bertz CT molecular complexity index is 149. The Morgan fingerprint density at radius 3 is 2.29 bits per heavy atom. The van der Waals surface area contributed by atoms with Gasteiger partial charge in [-0.15, -0.1) is 11.6 Å². The van der Waals surface area contributed by atoms with Crippen molar-refractivity contribution in [2.24, 2.45) is 5.92 Å². The van der Waals surface area contributed by atoms with Gasteiger partial charge in [-0.1, -0.05) is 6.92 Å². The second-order valence-electron chi connectivity index (χ2n) is 3.59. The molecular formula is C9H17ClF3N. The van der Waals surface area contributed by atoms with Crippen LogP contribution in [0.4, 0.5) is 13.2 Å². The second kappa shape index (κ2) is 6.51. The minimum absolute atomic E-state index is 0.128. The van der Waals surface area contributed by atoms with E-state index in [9.17, 15) is 13.2 Å². The van der Waals surface area contributed by atoms with Gasteiger partial charge in [-0.2, -0.15) is 13.2 Å². The average Bonchev–Trinajstić information content (AvgIpc) is 2.09. The molecule has 0 aromatic rings. The maximum absolute atomic E-state index is 11.8. The summed E-state index contributed by atoms with van der Waals surface area (Å²) in [5.41, 5.74) is 0. The van der Waals surface area contributed by atoms with Crippen LogP contribution in [0, 0.1) is 5.92 Å². The largest absolute Gasteiger partial charge is 0.389 e. The van der Waals surface area contributed by atoms with Crippen molar-refractivity contribution in [2.45, 2.75) is 38.9 Å². The van der Waals surface area contributed by atoms with Crippen molar-refractivity contribution in [3.05, 3.63) is 0 Å². The van der Waals surface area contributed by atoms with Gasteiger partial charge in [-0.25, -0.2) is 0 Å². The monoisotopic (exact) mass is 231 g/mol. The highest BCUT2D eigenvalue weighted by atomic mass is 35.5. The third kappa shape index (κ3) is 7.44. The molecule has 0 aliphatic rings. The molecule has 0 aliphatic carbocycles. The van der Waals surface area contributed by atoms with E-state index < -0.39 is 12.6 Å². The molecule has 14 heavy (non-hydrogen) atoms. The van der Waals surface area contributed by atoms with E-state index in [2.05, 4.69) is 5.32 Å². The summed E-state index contributed by atoms with van der Waals surface area (Å²) >= 11 is 5.61. The highest BCUT2D eigenvalue weighted by Crippen LogP contribution is 2.20. The summed E-state index contributed by atoms with van der Waals surface area (Å²) in [6.45, 7) is 4.29. The Morgan fingerprint density at radius 2 is 1.86 bits per heavy atom. The Morgan fingerprint density at radius 1 is 1.29 bits per heavy atom. The van der Waals surface area contributed by atoms with E-state index in [4.69, 9.17) is 11.6 Å². The average molecular weight is 232 g/mol. The van der Waals surface area contributed by atoms with Crippen LogP contribution in [-0.2, 0) is 0 Å². The molecule has 2 unspecified atom stereocenters. The van der Waals surface area contributed by atoms with Crippen LogP contribution < -0.4 is 5.32 Å². The van der Waals surface area contributed by atoms with Gasteiger partial charge in [0.2, 0.25) is 0 Å². The summed E-state index contributed by atoms with van der Waals surface area (Å²) in [4.78, 5) is 0. The Kier molecular flexibility index (Phi) is 6.53. The van der Waals surface area contributed by atoms with Gasteiger partial charge in [-0.05, 0) is 25.8 Å². The lowest BCUT2D eigenvalue weighted by Crippen LogP contribution is -2.34. The van der Waals surface area contributed by atoms with E-state index in [-0.39, 0.29) is 18.4 Å². The number of hydrogen-bond donors (Lipinski definition) is 1. The van der Waals surface area contributed by atoms with Crippen molar-refractivity contribution < 1.29 is 13.2 Å². The summed E-state index contributed by atoms with van der Waals surface area (Å²) in [7, 11) is 0. The zero-order chi connectivity index (χ0) is 11.2. The first-order valence-corrected chi connectivity index (χ1v) is 5.26. The van der Waals surface area contributed by atoms with E-state index in [1.807, 2.05) is 13.8 Å². The SMILES string of the molecule is CC(CCl)C(C)NCCCC(F)(F)F. The third-order valence-electron chi connectivity index (χ3n) is 2.20. The summed E-state index contributed by atoms with van der Waals surface area (Å²) in [6.07, 6.45) is -4.63. The molecule has 0 saturated carbocycles. The Hall–Kier alpha value is 0.0400. The minimum Gasteiger partial charge on any atom is -0.314 e. The maximum atomic E-state index is 11.8. The third-order valence-corrected chi connectivity index (χ3v) is 2.69. The van der Waals surface area contributed by atoms with Crippen LogP contribution in [0.1, 0.15) is 26.7 Å². The molecule has 0 saturated heterocycles. The zero-order valence-electron chi connectivity index (χ0n) is 8.49. The second-order valence-corrected chi connectivity index (χ2v) is 3.90. The number of hydrogen-bond acceptors (Lipinski definition) is 1. The fourth-order valence-corrected chi connectivity index (χ4v) is 1.22. The predicted molar refractivity (Wildman–Crippen MR) is 52.6 cm³/mol. The van der Waals surface area contributed by atoms with Crippen LogP contribution in [0.5, 0.6) is 0 Å². The number of rotatable bonds is 6. The van der Waals surface area contributed by atoms with E-state index in [1.54, 1.807) is 0 Å². The lowest BCUT2D eigenvalue weighted by molar-refractivity contribution is -0.135. The molecule has 0 aliphatic heterocycles. The van der Waals surface area contributed by atoms with Crippen LogP contribution in [0.2, 0.25) is 0 Å². The molecule has 0 aromatic carbocycles. The molecule has 1 nitrogen and oxygen atoms in total. The number of alkyl halides is 4. The van der Waals surface area contributed by atoms with E-state index >= 15 is 0 Å². The molecule has 0 fully saturated rings. The molecule has 0 rings (SSSR count). The molecule has 5 heteroatoms. The van der Waals surface area contributed by atoms with E-state index in [0.717, 1.165) is 0 Å². The van der Waals surface area contributed by atoms with Crippen molar-refractivity contribution >= 4 is 11.6 Å². The number of nitrogens with one attached hydrogen (secondary N) is 1. The van der Waals surface area contributed by atoms with Gasteiger partial charge in [0, 0.05) is 18.3 Å². The summed E-state index contributed by atoms with van der Waals surface area (Å²) < 4.78 is 35.3. The topological polar surface area (TPSA) is 12.0 Å². The van der Waals surface area contributed by atoms with Crippen LogP contribution >= 0.6 is 11.6 Å². The van der Waals surface area contributed by atoms with Gasteiger partial charge in [-0.3, -0.25) is 0 Å². The molecule has 0 radical (unpaired) electrons. The smallest absolute Gasteiger partial charge is 0.314 e. The van der Waals surface area contributed by atoms with Crippen LogP contribution in [0.15, 0.2) is 0 Å². The predicted octanol–water partition coefficient (Wildman–Crippen LogP) is 3.18. The van der Waals surface area contributed by atoms with Gasteiger partial charge in [0.05, 0.1) is 0 Å². The Balaban J connectivity index is 3.45.